The fourth-order valence-corrected chi connectivity index (χ4v) is 4.84. The fourth-order valence-electron chi connectivity index (χ4n) is 3.82. The third-order valence-electron chi connectivity index (χ3n) is 5.58. The first kappa shape index (κ1) is 24.0. The van der Waals surface area contributed by atoms with Crippen LogP contribution in [0.4, 0.5) is 5.13 Å². The molecule has 1 aliphatic rings. The number of hydrogen-bond acceptors (Lipinski definition) is 9. The summed E-state index contributed by atoms with van der Waals surface area (Å²) >= 11 is 0.935. The molecule has 0 bridgehead atoms. The van der Waals surface area contributed by atoms with Gasteiger partial charge in [0.1, 0.15) is 22.1 Å². The molecule has 1 aliphatic heterocycles. The highest BCUT2D eigenvalue weighted by atomic mass is 32.1. The normalized spacial score (nSPS) is 16.9. The van der Waals surface area contributed by atoms with Crippen molar-refractivity contribution in [1.82, 2.24) is 4.98 Å². The molecule has 0 radical (unpaired) electrons. The van der Waals surface area contributed by atoms with Crippen LogP contribution in [-0.2, 0) is 14.3 Å². The quantitative estimate of drug-likeness (QED) is 0.238. The van der Waals surface area contributed by atoms with Gasteiger partial charge >= 0.3 is 11.9 Å². The lowest BCUT2D eigenvalue weighted by Gasteiger charge is -2.23. The third kappa shape index (κ3) is 4.24. The van der Waals surface area contributed by atoms with Crippen LogP contribution in [-0.4, -0.2) is 49.1 Å². The average Bonchev–Trinajstić information content (AvgIpc) is 3.39. The van der Waals surface area contributed by atoms with E-state index in [1.54, 1.807) is 55.5 Å². The summed E-state index contributed by atoms with van der Waals surface area (Å²) in [7, 11) is 4.26. The second kappa shape index (κ2) is 9.59. The van der Waals surface area contributed by atoms with Crippen molar-refractivity contribution < 1.29 is 33.7 Å². The van der Waals surface area contributed by atoms with Gasteiger partial charge < -0.3 is 19.3 Å². The topological polar surface area (TPSA) is 115 Å². The first-order chi connectivity index (χ1) is 16.8. The largest absolute Gasteiger partial charge is 0.507 e. The second-order valence-corrected chi connectivity index (χ2v) is 8.55. The number of aryl methyl sites for hydroxylation is 1. The Morgan fingerprint density at radius 1 is 1.03 bits per heavy atom. The molecule has 1 unspecified atom stereocenters. The Balaban J connectivity index is 1.93. The van der Waals surface area contributed by atoms with Crippen LogP contribution in [0.15, 0.2) is 54.1 Å². The molecule has 180 valence electrons. The fraction of sp³-hybridized carbons (Fsp3) is 0.200. The van der Waals surface area contributed by atoms with Gasteiger partial charge in [0.15, 0.2) is 5.13 Å². The third-order valence-corrected chi connectivity index (χ3v) is 6.72. The van der Waals surface area contributed by atoms with Gasteiger partial charge in [-0.1, -0.05) is 35.6 Å². The molecule has 0 saturated carbocycles. The molecule has 1 aromatic heterocycles. The van der Waals surface area contributed by atoms with Crippen molar-refractivity contribution in [1.29, 1.82) is 0 Å². The first-order valence-electron chi connectivity index (χ1n) is 10.5. The van der Waals surface area contributed by atoms with Crippen molar-refractivity contribution in [2.75, 3.05) is 26.2 Å². The first-order valence-corrected chi connectivity index (χ1v) is 11.3. The Kier molecular flexibility index (Phi) is 6.57. The number of ether oxygens (including phenoxy) is 3. The zero-order chi connectivity index (χ0) is 25.3. The number of methoxy groups -OCH3 is 3. The number of thiazole rings is 1. The van der Waals surface area contributed by atoms with Crippen molar-refractivity contribution in [2.45, 2.75) is 13.0 Å². The molecule has 4 rings (SSSR count). The van der Waals surface area contributed by atoms with E-state index in [0.29, 0.717) is 28.3 Å². The van der Waals surface area contributed by atoms with E-state index in [1.165, 1.54) is 26.2 Å². The molecule has 1 saturated heterocycles. The molecule has 1 atom stereocenters. The summed E-state index contributed by atoms with van der Waals surface area (Å²) in [4.78, 5) is 44.5. The lowest BCUT2D eigenvalue weighted by Crippen LogP contribution is -2.29. The number of nitrogens with zero attached hydrogens (tertiary/aromatic N) is 2. The summed E-state index contributed by atoms with van der Waals surface area (Å²) in [5.41, 5.74) is 1.11. The van der Waals surface area contributed by atoms with Crippen LogP contribution >= 0.6 is 11.3 Å². The van der Waals surface area contributed by atoms with E-state index < -0.39 is 23.7 Å². The highest BCUT2D eigenvalue weighted by Crippen LogP contribution is 2.44. The van der Waals surface area contributed by atoms with Crippen LogP contribution in [0.2, 0.25) is 0 Å². The van der Waals surface area contributed by atoms with Crippen molar-refractivity contribution in [3.8, 4) is 11.5 Å². The predicted octanol–water partition coefficient (Wildman–Crippen LogP) is 3.88. The van der Waals surface area contributed by atoms with E-state index >= 15 is 0 Å². The summed E-state index contributed by atoms with van der Waals surface area (Å²) in [5, 5.41) is 11.4. The van der Waals surface area contributed by atoms with Gasteiger partial charge in [-0.3, -0.25) is 14.5 Å². The zero-order valence-corrected chi connectivity index (χ0v) is 20.2. The number of benzene rings is 2. The van der Waals surface area contributed by atoms with E-state index in [1.807, 2.05) is 0 Å². The number of aromatic nitrogens is 1. The number of carbonyl (C=O) groups is 3. The minimum Gasteiger partial charge on any atom is -0.507 e. The van der Waals surface area contributed by atoms with E-state index in [2.05, 4.69) is 4.98 Å². The van der Waals surface area contributed by atoms with Crippen LogP contribution in [0.3, 0.4) is 0 Å². The van der Waals surface area contributed by atoms with Crippen molar-refractivity contribution in [3.63, 3.8) is 0 Å². The molecule has 1 amide bonds. The maximum Gasteiger partial charge on any atom is 0.350 e. The van der Waals surface area contributed by atoms with E-state index in [-0.39, 0.29) is 21.3 Å². The maximum absolute atomic E-state index is 13.3. The van der Waals surface area contributed by atoms with Gasteiger partial charge in [-0.15, -0.1) is 0 Å². The molecule has 2 heterocycles. The summed E-state index contributed by atoms with van der Waals surface area (Å²) in [6, 6.07) is 12.3. The number of ketones is 1. The summed E-state index contributed by atoms with van der Waals surface area (Å²) in [6.07, 6.45) is 0. The maximum atomic E-state index is 13.3. The van der Waals surface area contributed by atoms with Gasteiger partial charge in [0, 0.05) is 5.56 Å². The molecule has 1 N–H and O–H groups in total. The minimum atomic E-state index is -0.997. The Bertz CT molecular complexity index is 1340. The number of carbonyl (C=O) groups excluding carboxylic acids is 3. The molecule has 0 spiro atoms. The molecule has 0 aliphatic carbocycles. The zero-order valence-electron chi connectivity index (χ0n) is 19.4. The number of anilines is 1. The molecule has 2 aromatic carbocycles. The number of amides is 1. The van der Waals surface area contributed by atoms with Crippen molar-refractivity contribution in [2.24, 2.45) is 0 Å². The van der Waals surface area contributed by atoms with Crippen LogP contribution < -0.4 is 14.4 Å². The molecule has 9 nitrogen and oxygen atoms in total. The van der Waals surface area contributed by atoms with Gasteiger partial charge in [-0.05, 0) is 36.8 Å². The van der Waals surface area contributed by atoms with Crippen LogP contribution in [0.1, 0.15) is 32.5 Å². The standard InChI is InChI=1S/C25H22N2O7S/c1-13-22(24(31)34-4)35-25(26-13)27-19(14-8-10-16(32-2)11-9-14)18(21(29)23(27)30)20(28)15-6-5-7-17(12-15)33-3/h5-12,19,28H,1-4H3/b20-18-. The van der Waals surface area contributed by atoms with Crippen LogP contribution in [0.25, 0.3) is 5.76 Å². The number of esters is 1. The molecule has 3 aromatic rings. The number of rotatable bonds is 6. The molecule has 35 heavy (non-hydrogen) atoms. The molecular formula is C25H22N2O7S. The van der Waals surface area contributed by atoms with E-state index in [9.17, 15) is 19.5 Å². The Hall–Kier alpha value is -4.18. The average molecular weight is 495 g/mol. The number of Topliss-reactive ketones (excluding diaryl/α,β-unsaturated/α-hetero) is 1. The van der Waals surface area contributed by atoms with Gasteiger partial charge in [0.05, 0.1) is 38.6 Å². The highest BCUT2D eigenvalue weighted by molar-refractivity contribution is 7.17. The summed E-state index contributed by atoms with van der Waals surface area (Å²) in [6.45, 7) is 1.61. The van der Waals surface area contributed by atoms with Crippen molar-refractivity contribution >= 4 is 39.9 Å². The number of aliphatic hydroxyl groups excluding tert-OH is 1. The SMILES string of the molecule is COC(=O)c1sc(N2C(=O)C(=O)/C(=C(\O)c3cccc(OC)c3)C2c2ccc(OC)cc2)nc1C. The predicted molar refractivity (Wildman–Crippen MR) is 129 cm³/mol. The highest BCUT2D eigenvalue weighted by Gasteiger charge is 2.48. The Labute approximate surface area is 205 Å². The van der Waals surface area contributed by atoms with Crippen LogP contribution in [0, 0.1) is 6.92 Å². The number of hydrogen-bond donors (Lipinski definition) is 1. The van der Waals surface area contributed by atoms with Gasteiger partial charge in [0.25, 0.3) is 5.78 Å². The van der Waals surface area contributed by atoms with Crippen LogP contribution in [0.5, 0.6) is 11.5 Å². The van der Waals surface area contributed by atoms with Gasteiger partial charge in [-0.2, -0.15) is 0 Å². The van der Waals surface area contributed by atoms with Crippen molar-refractivity contribution in [3.05, 3.63) is 75.8 Å². The Morgan fingerprint density at radius 3 is 2.34 bits per heavy atom. The molecule has 1 fully saturated rings. The van der Waals surface area contributed by atoms with Gasteiger partial charge in [0.2, 0.25) is 0 Å². The summed E-state index contributed by atoms with van der Waals surface area (Å²) < 4.78 is 15.3. The Morgan fingerprint density at radius 2 is 1.71 bits per heavy atom. The monoisotopic (exact) mass is 494 g/mol. The van der Waals surface area contributed by atoms with E-state index in [4.69, 9.17) is 14.2 Å². The molecular weight excluding hydrogens is 472 g/mol. The molecule has 10 heteroatoms. The van der Waals surface area contributed by atoms with E-state index in [0.717, 1.165) is 11.3 Å². The smallest absolute Gasteiger partial charge is 0.350 e. The lowest BCUT2D eigenvalue weighted by atomic mass is 9.95. The van der Waals surface area contributed by atoms with Gasteiger partial charge in [-0.25, -0.2) is 9.78 Å². The summed E-state index contributed by atoms with van der Waals surface area (Å²) in [5.74, 6) is -1.65. The lowest BCUT2D eigenvalue weighted by molar-refractivity contribution is -0.132. The minimum absolute atomic E-state index is 0.110. The second-order valence-electron chi connectivity index (χ2n) is 7.58. The number of aliphatic hydroxyl groups is 1.